The Morgan fingerprint density at radius 1 is 0.852 bits per heavy atom. The average molecular weight is 422 g/mol. The molecule has 0 spiro atoms. The number of nitrogens with one attached hydrogen (secondary N) is 1. The summed E-state index contributed by atoms with van der Waals surface area (Å²) in [6.07, 6.45) is 0. The summed E-state index contributed by atoms with van der Waals surface area (Å²) in [5.41, 5.74) is 6.90. The second-order valence-corrected chi connectivity index (χ2v) is 7.13. The van der Waals surface area contributed by atoms with Gasteiger partial charge in [-0.05, 0) is 30.3 Å². The van der Waals surface area contributed by atoms with Gasteiger partial charge in [-0.2, -0.15) is 5.10 Å². The number of halogens is 1. The lowest BCUT2D eigenvalue weighted by Crippen LogP contribution is -2.20. The first-order chi connectivity index (χ1) is 13.0. The first kappa shape index (κ1) is 18.9. The van der Waals surface area contributed by atoms with Crippen molar-refractivity contribution in [3.05, 3.63) is 100 Å². The van der Waals surface area contributed by atoms with Crippen LogP contribution >= 0.6 is 15.9 Å². The fourth-order valence-corrected chi connectivity index (χ4v) is 3.01. The van der Waals surface area contributed by atoms with Crippen LogP contribution in [0, 0.1) is 0 Å². The third-order valence-electron chi connectivity index (χ3n) is 4.06. The standard InChI is InChI=1S/C22H20BrN3O/c1-26(2)20-13-11-17(12-14-20)21(16-7-4-3-5-8-16)24-25-22(27)18-9-6-10-19(23)15-18/h3-15H,1-2H3,(H,25,27)/b24-21+. The summed E-state index contributed by atoms with van der Waals surface area (Å²) in [5, 5.41) is 4.43. The summed E-state index contributed by atoms with van der Waals surface area (Å²) in [6.45, 7) is 0. The molecule has 0 aliphatic carbocycles. The summed E-state index contributed by atoms with van der Waals surface area (Å²) in [7, 11) is 4.00. The van der Waals surface area contributed by atoms with E-state index in [1.54, 1.807) is 12.1 Å². The molecule has 0 radical (unpaired) electrons. The Hall–Kier alpha value is -2.92. The topological polar surface area (TPSA) is 44.7 Å². The molecule has 0 bridgehead atoms. The highest BCUT2D eigenvalue weighted by Gasteiger charge is 2.10. The monoisotopic (exact) mass is 421 g/mol. The number of benzene rings is 3. The van der Waals surface area contributed by atoms with E-state index < -0.39 is 0 Å². The minimum Gasteiger partial charge on any atom is -0.378 e. The SMILES string of the molecule is CN(C)c1ccc(/C(=N/NC(=O)c2cccc(Br)c2)c2ccccc2)cc1. The zero-order chi connectivity index (χ0) is 19.2. The van der Waals surface area contributed by atoms with Crippen molar-refractivity contribution in [3.63, 3.8) is 0 Å². The Kier molecular flexibility index (Phi) is 6.04. The summed E-state index contributed by atoms with van der Waals surface area (Å²) in [6, 6.07) is 25.1. The maximum Gasteiger partial charge on any atom is 0.271 e. The molecule has 4 nitrogen and oxygen atoms in total. The number of carbonyl (C=O) groups is 1. The molecule has 1 N–H and O–H groups in total. The lowest BCUT2D eigenvalue weighted by atomic mass is 10.0. The summed E-state index contributed by atoms with van der Waals surface area (Å²) < 4.78 is 0.849. The van der Waals surface area contributed by atoms with Gasteiger partial charge in [0.2, 0.25) is 0 Å². The number of amides is 1. The molecular formula is C22H20BrN3O. The van der Waals surface area contributed by atoms with Gasteiger partial charge in [-0.1, -0.05) is 64.5 Å². The maximum atomic E-state index is 12.5. The first-order valence-corrected chi connectivity index (χ1v) is 9.30. The van der Waals surface area contributed by atoms with E-state index in [0.29, 0.717) is 11.3 Å². The summed E-state index contributed by atoms with van der Waals surface area (Å²) in [5.74, 6) is -0.255. The molecule has 136 valence electrons. The average Bonchev–Trinajstić information content (AvgIpc) is 2.69. The van der Waals surface area contributed by atoms with Gasteiger partial charge in [0.05, 0.1) is 5.71 Å². The van der Waals surface area contributed by atoms with Gasteiger partial charge in [-0.25, -0.2) is 5.43 Å². The molecule has 0 atom stereocenters. The van der Waals surface area contributed by atoms with Gasteiger partial charge in [0, 0.05) is 40.9 Å². The number of anilines is 1. The number of rotatable bonds is 5. The highest BCUT2D eigenvalue weighted by molar-refractivity contribution is 9.10. The van der Waals surface area contributed by atoms with Gasteiger partial charge in [-0.15, -0.1) is 0 Å². The lowest BCUT2D eigenvalue weighted by Gasteiger charge is -2.14. The Labute approximate surface area is 167 Å². The van der Waals surface area contributed by atoms with Gasteiger partial charge in [0.1, 0.15) is 0 Å². The molecule has 0 fully saturated rings. The molecule has 0 heterocycles. The minimum absolute atomic E-state index is 0.255. The van der Waals surface area contributed by atoms with Crippen LogP contribution in [0.4, 0.5) is 5.69 Å². The van der Waals surface area contributed by atoms with E-state index in [9.17, 15) is 4.79 Å². The van der Waals surface area contributed by atoms with Crippen LogP contribution in [0.1, 0.15) is 21.5 Å². The van der Waals surface area contributed by atoms with Crippen molar-refractivity contribution in [1.82, 2.24) is 5.43 Å². The zero-order valence-electron chi connectivity index (χ0n) is 15.2. The quantitative estimate of drug-likeness (QED) is 0.479. The Bertz CT molecular complexity index is 951. The van der Waals surface area contributed by atoms with Crippen molar-refractivity contribution in [3.8, 4) is 0 Å². The molecule has 3 aromatic rings. The molecule has 27 heavy (non-hydrogen) atoms. The maximum absolute atomic E-state index is 12.5. The highest BCUT2D eigenvalue weighted by Crippen LogP contribution is 2.16. The minimum atomic E-state index is -0.255. The third kappa shape index (κ3) is 4.83. The van der Waals surface area contributed by atoms with E-state index in [0.717, 1.165) is 21.3 Å². The number of carbonyl (C=O) groups excluding carboxylic acids is 1. The molecule has 0 saturated heterocycles. The fraction of sp³-hybridized carbons (Fsp3) is 0.0909. The van der Waals surface area contributed by atoms with E-state index >= 15 is 0 Å². The van der Waals surface area contributed by atoms with Crippen molar-refractivity contribution in [2.45, 2.75) is 0 Å². The second-order valence-electron chi connectivity index (χ2n) is 6.22. The molecule has 0 aliphatic rings. The van der Waals surface area contributed by atoms with E-state index in [1.165, 1.54) is 0 Å². The molecule has 0 aliphatic heterocycles. The number of hydrazone groups is 1. The first-order valence-electron chi connectivity index (χ1n) is 8.51. The molecule has 0 unspecified atom stereocenters. The molecule has 5 heteroatoms. The van der Waals surface area contributed by atoms with Crippen molar-refractivity contribution in [1.29, 1.82) is 0 Å². The van der Waals surface area contributed by atoms with Gasteiger partial charge < -0.3 is 4.90 Å². The van der Waals surface area contributed by atoms with Gasteiger partial charge >= 0.3 is 0 Å². The van der Waals surface area contributed by atoms with Crippen LogP contribution < -0.4 is 10.3 Å². The summed E-state index contributed by atoms with van der Waals surface area (Å²) >= 11 is 3.38. The number of nitrogens with zero attached hydrogens (tertiary/aromatic N) is 2. The van der Waals surface area contributed by atoms with Gasteiger partial charge in [-0.3, -0.25) is 4.79 Å². The molecular weight excluding hydrogens is 402 g/mol. The van der Waals surface area contributed by atoms with E-state index in [1.807, 2.05) is 85.7 Å². The summed E-state index contributed by atoms with van der Waals surface area (Å²) in [4.78, 5) is 14.5. The van der Waals surface area contributed by atoms with E-state index in [4.69, 9.17) is 0 Å². The molecule has 3 rings (SSSR count). The van der Waals surface area contributed by atoms with Gasteiger partial charge in [0.25, 0.3) is 5.91 Å². The van der Waals surface area contributed by atoms with Crippen molar-refractivity contribution in [2.75, 3.05) is 19.0 Å². The van der Waals surface area contributed by atoms with Crippen molar-refractivity contribution >= 4 is 33.2 Å². The Balaban J connectivity index is 1.92. The Morgan fingerprint density at radius 3 is 2.11 bits per heavy atom. The van der Waals surface area contributed by atoms with Crippen LogP contribution in [0.15, 0.2) is 88.4 Å². The number of hydrogen-bond acceptors (Lipinski definition) is 3. The van der Waals surface area contributed by atoms with Crippen LogP contribution in [-0.4, -0.2) is 25.7 Å². The number of hydrogen-bond donors (Lipinski definition) is 1. The van der Waals surface area contributed by atoms with E-state index in [-0.39, 0.29) is 5.91 Å². The van der Waals surface area contributed by atoms with Crippen LogP contribution in [0.25, 0.3) is 0 Å². The Morgan fingerprint density at radius 2 is 1.48 bits per heavy atom. The van der Waals surface area contributed by atoms with Crippen LogP contribution in [0.2, 0.25) is 0 Å². The fourth-order valence-electron chi connectivity index (χ4n) is 2.61. The lowest BCUT2D eigenvalue weighted by molar-refractivity contribution is 0.0955. The van der Waals surface area contributed by atoms with Gasteiger partial charge in [0.15, 0.2) is 0 Å². The van der Waals surface area contributed by atoms with Crippen LogP contribution in [0.5, 0.6) is 0 Å². The predicted octanol–water partition coefficient (Wildman–Crippen LogP) is 4.70. The second kappa shape index (κ2) is 8.64. The predicted molar refractivity (Wildman–Crippen MR) is 114 cm³/mol. The highest BCUT2D eigenvalue weighted by atomic mass is 79.9. The van der Waals surface area contributed by atoms with E-state index in [2.05, 4.69) is 26.5 Å². The largest absolute Gasteiger partial charge is 0.378 e. The van der Waals surface area contributed by atoms with Crippen molar-refractivity contribution < 1.29 is 4.79 Å². The smallest absolute Gasteiger partial charge is 0.271 e. The third-order valence-corrected chi connectivity index (χ3v) is 4.55. The van der Waals surface area contributed by atoms with Crippen molar-refractivity contribution in [2.24, 2.45) is 5.10 Å². The van der Waals surface area contributed by atoms with Crippen LogP contribution in [-0.2, 0) is 0 Å². The normalized spacial score (nSPS) is 11.1. The molecule has 0 aromatic heterocycles. The van der Waals surface area contributed by atoms with Crippen LogP contribution in [0.3, 0.4) is 0 Å². The molecule has 3 aromatic carbocycles. The molecule has 0 saturated carbocycles. The molecule has 1 amide bonds. The zero-order valence-corrected chi connectivity index (χ0v) is 16.8.